The Morgan fingerprint density at radius 3 is 2.11 bits per heavy atom. The SMILES string of the molecule is Cn1cc(-c2ccc(-c3ccccc3)cc2)c2cc(NS(=O)(=O)c3ccc(C(=O)NO)cc3)ccc21. The van der Waals surface area contributed by atoms with Crippen LogP contribution in [-0.4, -0.2) is 24.1 Å². The lowest BCUT2D eigenvalue weighted by Crippen LogP contribution is -2.19. The van der Waals surface area contributed by atoms with E-state index in [1.807, 2.05) is 48.1 Å². The second-order valence-corrected chi connectivity index (χ2v) is 10.1. The molecule has 0 aliphatic rings. The second-order valence-electron chi connectivity index (χ2n) is 8.40. The minimum Gasteiger partial charge on any atom is -0.350 e. The van der Waals surface area contributed by atoms with Gasteiger partial charge in [0.05, 0.1) is 4.90 Å². The predicted octanol–water partition coefficient (Wildman–Crippen LogP) is 5.43. The van der Waals surface area contributed by atoms with Crippen LogP contribution in [0.5, 0.6) is 0 Å². The van der Waals surface area contributed by atoms with Crippen molar-refractivity contribution >= 4 is 32.5 Å². The fourth-order valence-electron chi connectivity index (χ4n) is 4.22. The number of hydrogen-bond acceptors (Lipinski definition) is 4. The summed E-state index contributed by atoms with van der Waals surface area (Å²) >= 11 is 0. The smallest absolute Gasteiger partial charge is 0.274 e. The monoisotopic (exact) mass is 497 g/mol. The Hall–Kier alpha value is -4.40. The molecule has 1 aromatic heterocycles. The standard InChI is InChI=1S/C28H23N3O4S/c1-31-18-26(21-9-7-20(8-10-21)19-5-3-2-4-6-19)25-17-23(13-16-27(25)31)30-36(34,35)24-14-11-22(12-15-24)28(32)29-33/h2-18,30,33H,1H3,(H,29,32). The van der Waals surface area contributed by atoms with Crippen molar-refractivity contribution in [3.8, 4) is 22.3 Å². The number of rotatable bonds is 6. The average molecular weight is 498 g/mol. The van der Waals surface area contributed by atoms with Crippen molar-refractivity contribution in [3.05, 3.63) is 109 Å². The molecule has 180 valence electrons. The number of benzene rings is 4. The Morgan fingerprint density at radius 2 is 1.44 bits per heavy atom. The number of anilines is 1. The summed E-state index contributed by atoms with van der Waals surface area (Å²) in [5.41, 5.74) is 7.34. The van der Waals surface area contributed by atoms with Crippen molar-refractivity contribution in [1.29, 1.82) is 0 Å². The molecule has 0 saturated carbocycles. The lowest BCUT2D eigenvalue weighted by Gasteiger charge is -2.10. The molecule has 0 fully saturated rings. The van der Waals surface area contributed by atoms with Gasteiger partial charge in [-0.3, -0.25) is 14.7 Å². The lowest BCUT2D eigenvalue weighted by molar-refractivity contribution is 0.0706. The fourth-order valence-corrected chi connectivity index (χ4v) is 5.27. The zero-order valence-electron chi connectivity index (χ0n) is 19.3. The van der Waals surface area contributed by atoms with Gasteiger partial charge in [0.25, 0.3) is 15.9 Å². The quantitative estimate of drug-likeness (QED) is 0.215. The van der Waals surface area contributed by atoms with E-state index in [-0.39, 0.29) is 10.5 Å². The first-order chi connectivity index (χ1) is 17.4. The third-order valence-electron chi connectivity index (χ3n) is 6.07. The van der Waals surface area contributed by atoms with Gasteiger partial charge in [-0.15, -0.1) is 0 Å². The van der Waals surface area contributed by atoms with E-state index in [2.05, 4.69) is 41.1 Å². The minimum atomic E-state index is -3.89. The number of hydrogen-bond donors (Lipinski definition) is 3. The highest BCUT2D eigenvalue weighted by molar-refractivity contribution is 7.92. The van der Waals surface area contributed by atoms with Crippen LogP contribution >= 0.6 is 0 Å². The zero-order valence-corrected chi connectivity index (χ0v) is 20.2. The molecule has 8 heteroatoms. The van der Waals surface area contributed by atoms with Crippen molar-refractivity contribution in [2.75, 3.05) is 4.72 Å². The van der Waals surface area contributed by atoms with E-state index in [9.17, 15) is 13.2 Å². The third kappa shape index (κ3) is 4.47. The lowest BCUT2D eigenvalue weighted by atomic mass is 10.00. The molecule has 1 amide bonds. The van der Waals surface area contributed by atoms with E-state index >= 15 is 0 Å². The molecule has 0 aliphatic heterocycles. The molecule has 5 rings (SSSR count). The fraction of sp³-hybridized carbons (Fsp3) is 0.0357. The van der Waals surface area contributed by atoms with Gasteiger partial charge in [0, 0.05) is 41.0 Å². The van der Waals surface area contributed by atoms with Crippen molar-refractivity contribution in [2.45, 2.75) is 4.90 Å². The molecule has 5 aromatic rings. The Balaban J connectivity index is 1.46. The molecule has 0 radical (unpaired) electrons. The van der Waals surface area contributed by atoms with Gasteiger partial charge in [-0.1, -0.05) is 54.6 Å². The first-order valence-corrected chi connectivity index (χ1v) is 12.7. The summed E-state index contributed by atoms with van der Waals surface area (Å²) in [6, 6.07) is 29.2. The zero-order chi connectivity index (χ0) is 25.3. The van der Waals surface area contributed by atoms with Crippen molar-refractivity contribution in [3.63, 3.8) is 0 Å². The first-order valence-electron chi connectivity index (χ1n) is 11.2. The number of carbonyl (C=O) groups is 1. The summed E-state index contributed by atoms with van der Waals surface area (Å²) < 4.78 is 30.5. The maximum Gasteiger partial charge on any atom is 0.274 e. The molecule has 0 spiro atoms. The first kappa shape index (κ1) is 23.3. The van der Waals surface area contributed by atoms with Crippen LogP contribution < -0.4 is 10.2 Å². The average Bonchev–Trinajstić information content (AvgIpc) is 3.24. The molecular formula is C28H23N3O4S. The summed E-state index contributed by atoms with van der Waals surface area (Å²) in [4.78, 5) is 11.5. The van der Waals surface area contributed by atoms with Gasteiger partial charge in [-0.05, 0) is 59.2 Å². The van der Waals surface area contributed by atoms with Gasteiger partial charge in [0.15, 0.2) is 0 Å². The van der Waals surface area contributed by atoms with E-state index in [0.29, 0.717) is 5.69 Å². The molecule has 0 bridgehead atoms. The number of nitrogens with zero attached hydrogens (tertiary/aromatic N) is 1. The molecular weight excluding hydrogens is 474 g/mol. The number of aryl methyl sites for hydroxylation is 1. The maximum absolute atomic E-state index is 13.0. The third-order valence-corrected chi connectivity index (χ3v) is 7.47. The Labute approximate surface area is 208 Å². The molecule has 36 heavy (non-hydrogen) atoms. The number of aromatic nitrogens is 1. The summed E-state index contributed by atoms with van der Waals surface area (Å²) in [7, 11) is -1.93. The van der Waals surface area contributed by atoms with E-state index < -0.39 is 15.9 Å². The second kappa shape index (κ2) is 9.33. The normalized spacial score (nSPS) is 11.4. The summed E-state index contributed by atoms with van der Waals surface area (Å²) in [5, 5.41) is 9.66. The van der Waals surface area contributed by atoms with Crippen molar-refractivity contribution in [2.24, 2.45) is 7.05 Å². The Bertz CT molecular complexity index is 1660. The van der Waals surface area contributed by atoms with Gasteiger partial charge in [-0.25, -0.2) is 13.9 Å². The number of carbonyl (C=O) groups excluding carboxylic acids is 1. The van der Waals surface area contributed by atoms with Crippen LogP contribution in [0.25, 0.3) is 33.2 Å². The molecule has 0 saturated heterocycles. The van der Waals surface area contributed by atoms with Gasteiger partial charge >= 0.3 is 0 Å². The van der Waals surface area contributed by atoms with Gasteiger partial charge in [0.1, 0.15) is 0 Å². The van der Waals surface area contributed by atoms with Crippen LogP contribution in [0.1, 0.15) is 10.4 Å². The number of hydroxylamine groups is 1. The summed E-state index contributed by atoms with van der Waals surface area (Å²) in [6.45, 7) is 0. The van der Waals surface area contributed by atoms with E-state index in [1.165, 1.54) is 29.7 Å². The largest absolute Gasteiger partial charge is 0.350 e. The molecule has 3 N–H and O–H groups in total. The van der Waals surface area contributed by atoms with Crippen LogP contribution in [0.4, 0.5) is 5.69 Å². The molecule has 0 aliphatic carbocycles. The van der Waals surface area contributed by atoms with Gasteiger partial charge in [0.2, 0.25) is 0 Å². The number of nitrogens with one attached hydrogen (secondary N) is 2. The van der Waals surface area contributed by atoms with Gasteiger partial charge in [-0.2, -0.15) is 0 Å². The van der Waals surface area contributed by atoms with E-state index in [4.69, 9.17) is 5.21 Å². The van der Waals surface area contributed by atoms with Crippen LogP contribution in [0.3, 0.4) is 0 Å². The molecule has 1 heterocycles. The van der Waals surface area contributed by atoms with Crippen molar-refractivity contribution in [1.82, 2.24) is 10.0 Å². The predicted molar refractivity (Wildman–Crippen MR) is 140 cm³/mol. The van der Waals surface area contributed by atoms with Crippen LogP contribution in [0.15, 0.2) is 108 Å². The molecule has 0 unspecified atom stereocenters. The molecule has 0 atom stereocenters. The number of amides is 1. The Kier molecular flexibility index (Phi) is 6.05. The maximum atomic E-state index is 13.0. The summed E-state index contributed by atoms with van der Waals surface area (Å²) in [5.74, 6) is -0.717. The van der Waals surface area contributed by atoms with E-state index in [0.717, 1.165) is 33.2 Å². The Morgan fingerprint density at radius 1 is 0.806 bits per heavy atom. The van der Waals surface area contributed by atoms with Gasteiger partial charge < -0.3 is 4.57 Å². The number of fused-ring (bicyclic) bond motifs is 1. The van der Waals surface area contributed by atoms with E-state index in [1.54, 1.807) is 6.07 Å². The topological polar surface area (TPSA) is 100 Å². The number of sulfonamides is 1. The molecule has 7 nitrogen and oxygen atoms in total. The highest BCUT2D eigenvalue weighted by Crippen LogP contribution is 2.34. The van der Waals surface area contributed by atoms with Crippen molar-refractivity contribution < 1.29 is 18.4 Å². The van der Waals surface area contributed by atoms with Crippen LogP contribution in [-0.2, 0) is 17.1 Å². The minimum absolute atomic E-state index is 0.00173. The van der Waals surface area contributed by atoms with Crippen LogP contribution in [0, 0.1) is 0 Å². The highest BCUT2D eigenvalue weighted by atomic mass is 32.2. The van der Waals surface area contributed by atoms with Crippen LogP contribution in [0.2, 0.25) is 0 Å². The summed E-state index contributed by atoms with van der Waals surface area (Å²) in [6.07, 6.45) is 2.03. The molecule has 4 aromatic carbocycles. The highest BCUT2D eigenvalue weighted by Gasteiger charge is 2.17.